The van der Waals surface area contributed by atoms with E-state index in [4.69, 9.17) is 0 Å². The summed E-state index contributed by atoms with van der Waals surface area (Å²) in [6.45, 7) is 6.09. The lowest BCUT2D eigenvalue weighted by Gasteiger charge is -2.32. The summed E-state index contributed by atoms with van der Waals surface area (Å²) in [7, 11) is 0. The van der Waals surface area contributed by atoms with Crippen molar-refractivity contribution in [2.75, 3.05) is 6.54 Å². The smallest absolute Gasteiger partial charge is 0.224 e. The Morgan fingerprint density at radius 3 is 2.79 bits per heavy atom. The van der Waals surface area contributed by atoms with Gasteiger partial charge in [-0.2, -0.15) is 0 Å². The molecule has 4 rings (SSSR count). The number of amides is 1. The molecule has 3 aromatic rings. The Hall–Kier alpha value is -2.96. The molecule has 0 N–H and O–H groups in total. The predicted molar refractivity (Wildman–Crippen MR) is 106 cm³/mol. The van der Waals surface area contributed by atoms with Crippen molar-refractivity contribution in [2.45, 2.75) is 52.2 Å². The van der Waals surface area contributed by atoms with Crippen LogP contribution in [0.3, 0.4) is 0 Å². The SMILES string of the molecule is CCc1nccn1CCC(=O)N1Cc2nnc(Cc3ccccc3)n2[C@@H](C)C1. The highest BCUT2D eigenvalue weighted by Crippen LogP contribution is 2.23. The molecule has 28 heavy (non-hydrogen) atoms. The van der Waals surface area contributed by atoms with E-state index in [1.165, 1.54) is 5.56 Å². The Balaban J connectivity index is 1.43. The summed E-state index contributed by atoms with van der Waals surface area (Å²) in [5.74, 6) is 3.01. The Morgan fingerprint density at radius 2 is 2.00 bits per heavy atom. The molecular formula is C21H26N6O. The quantitative estimate of drug-likeness (QED) is 0.661. The van der Waals surface area contributed by atoms with Gasteiger partial charge in [0.25, 0.3) is 0 Å². The van der Waals surface area contributed by atoms with Gasteiger partial charge >= 0.3 is 0 Å². The largest absolute Gasteiger partial charge is 0.334 e. The Bertz CT molecular complexity index is 945. The molecule has 1 aromatic carbocycles. The van der Waals surface area contributed by atoms with Gasteiger partial charge in [0.1, 0.15) is 11.6 Å². The first kappa shape index (κ1) is 18.4. The first-order chi connectivity index (χ1) is 13.7. The van der Waals surface area contributed by atoms with Crippen LogP contribution in [-0.2, 0) is 30.7 Å². The fourth-order valence-electron chi connectivity index (χ4n) is 3.93. The first-order valence-corrected chi connectivity index (χ1v) is 9.90. The maximum atomic E-state index is 12.8. The molecule has 0 saturated carbocycles. The maximum absolute atomic E-state index is 12.8. The van der Waals surface area contributed by atoms with E-state index in [0.29, 0.717) is 26.1 Å². The van der Waals surface area contributed by atoms with E-state index >= 15 is 0 Å². The number of nitrogens with zero attached hydrogens (tertiary/aromatic N) is 6. The number of carbonyl (C=O) groups excluding carboxylic acids is 1. The van der Waals surface area contributed by atoms with Gasteiger partial charge in [0, 0.05) is 44.7 Å². The molecule has 7 heteroatoms. The summed E-state index contributed by atoms with van der Waals surface area (Å²) in [6, 6.07) is 10.5. The molecule has 7 nitrogen and oxygen atoms in total. The normalized spacial score (nSPS) is 16.2. The average molecular weight is 378 g/mol. The molecule has 0 fully saturated rings. The number of imidazole rings is 1. The average Bonchev–Trinajstić information content (AvgIpc) is 3.33. The molecule has 0 bridgehead atoms. The molecule has 3 heterocycles. The van der Waals surface area contributed by atoms with E-state index < -0.39 is 0 Å². The number of fused-ring (bicyclic) bond motifs is 1. The number of hydrogen-bond acceptors (Lipinski definition) is 4. The molecule has 0 spiro atoms. The highest BCUT2D eigenvalue weighted by molar-refractivity contribution is 5.76. The molecule has 0 aliphatic carbocycles. The Morgan fingerprint density at radius 1 is 1.18 bits per heavy atom. The summed E-state index contributed by atoms with van der Waals surface area (Å²) >= 11 is 0. The maximum Gasteiger partial charge on any atom is 0.224 e. The summed E-state index contributed by atoms with van der Waals surface area (Å²) < 4.78 is 4.26. The summed E-state index contributed by atoms with van der Waals surface area (Å²) in [6.07, 6.45) is 5.84. The van der Waals surface area contributed by atoms with Crippen molar-refractivity contribution < 1.29 is 4.79 Å². The van der Waals surface area contributed by atoms with Gasteiger partial charge in [0.2, 0.25) is 5.91 Å². The monoisotopic (exact) mass is 378 g/mol. The fraction of sp³-hybridized carbons (Fsp3) is 0.429. The third-order valence-corrected chi connectivity index (χ3v) is 5.34. The molecule has 1 amide bonds. The molecule has 0 radical (unpaired) electrons. The van der Waals surface area contributed by atoms with Crippen LogP contribution in [0.25, 0.3) is 0 Å². The van der Waals surface area contributed by atoms with Crippen molar-refractivity contribution in [2.24, 2.45) is 0 Å². The molecular weight excluding hydrogens is 352 g/mol. The standard InChI is InChI=1S/C21H26N6O/c1-3-18-22-10-12-25(18)11-9-21(28)26-14-16(2)27-19(23-24-20(27)15-26)13-17-7-5-4-6-8-17/h4-8,10,12,16H,3,9,11,13-15H2,1-2H3/t16-/m0/s1. The third kappa shape index (κ3) is 3.69. The lowest BCUT2D eigenvalue weighted by Crippen LogP contribution is -2.41. The van der Waals surface area contributed by atoms with Crippen LogP contribution < -0.4 is 0 Å². The van der Waals surface area contributed by atoms with Gasteiger partial charge in [-0.15, -0.1) is 10.2 Å². The highest BCUT2D eigenvalue weighted by Gasteiger charge is 2.28. The van der Waals surface area contributed by atoms with E-state index in [0.717, 1.165) is 30.3 Å². The Kier molecular flexibility index (Phi) is 5.23. The predicted octanol–water partition coefficient (Wildman–Crippen LogP) is 2.62. The van der Waals surface area contributed by atoms with Crippen LogP contribution in [0.1, 0.15) is 49.3 Å². The second-order valence-electron chi connectivity index (χ2n) is 7.33. The zero-order valence-corrected chi connectivity index (χ0v) is 16.5. The van der Waals surface area contributed by atoms with Crippen LogP contribution in [0.5, 0.6) is 0 Å². The van der Waals surface area contributed by atoms with E-state index in [-0.39, 0.29) is 11.9 Å². The molecule has 1 atom stereocenters. The second kappa shape index (κ2) is 7.96. The molecule has 1 aliphatic heterocycles. The van der Waals surface area contributed by atoms with Gasteiger partial charge in [0.05, 0.1) is 12.6 Å². The summed E-state index contributed by atoms with van der Waals surface area (Å²) in [5.41, 5.74) is 1.22. The highest BCUT2D eigenvalue weighted by atomic mass is 16.2. The Labute approximate surface area is 165 Å². The van der Waals surface area contributed by atoms with Crippen molar-refractivity contribution in [3.8, 4) is 0 Å². The van der Waals surface area contributed by atoms with Crippen molar-refractivity contribution in [3.05, 3.63) is 65.8 Å². The molecule has 0 saturated heterocycles. The molecule has 146 valence electrons. The van der Waals surface area contributed by atoms with Gasteiger partial charge in [-0.25, -0.2) is 4.98 Å². The van der Waals surface area contributed by atoms with Crippen LogP contribution >= 0.6 is 0 Å². The number of aryl methyl sites for hydroxylation is 2. The number of aromatic nitrogens is 5. The lowest BCUT2D eigenvalue weighted by molar-refractivity contribution is -0.133. The molecule has 1 aliphatic rings. The van der Waals surface area contributed by atoms with Crippen molar-refractivity contribution >= 4 is 5.91 Å². The zero-order chi connectivity index (χ0) is 19.5. The zero-order valence-electron chi connectivity index (χ0n) is 16.5. The number of benzene rings is 1. The van der Waals surface area contributed by atoms with E-state index in [1.807, 2.05) is 29.3 Å². The number of rotatable bonds is 6. The number of hydrogen-bond donors (Lipinski definition) is 0. The minimum atomic E-state index is 0.154. The third-order valence-electron chi connectivity index (χ3n) is 5.34. The van der Waals surface area contributed by atoms with Crippen LogP contribution in [0.4, 0.5) is 0 Å². The van der Waals surface area contributed by atoms with Crippen LogP contribution in [0.15, 0.2) is 42.7 Å². The second-order valence-corrected chi connectivity index (χ2v) is 7.33. The van der Waals surface area contributed by atoms with Gasteiger partial charge in [-0.3, -0.25) is 4.79 Å². The van der Waals surface area contributed by atoms with Crippen molar-refractivity contribution in [1.82, 2.24) is 29.2 Å². The van der Waals surface area contributed by atoms with Gasteiger partial charge < -0.3 is 14.0 Å². The van der Waals surface area contributed by atoms with Crippen LogP contribution in [-0.4, -0.2) is 41.7 Å². The van der Waals surface area contributed by atoms with E-state index in [9.17, 15) is 4.79 Å². The van der Waals surface area contributed by atoms with Gasteiger partial charge in [-0.05, 0) is 12.5 Å². The number of carbonyl (C=O) groups is 1. The van der Waals surface area contributed by atoms with Crippen molar-refractivity contribution in [3.63, 3.8) is 0 Å². The first-order valence-electron chi connectivity index (χ1n) is 9.90. The summed E-state index contributed by atoms with van der Waals surface area (Å²) in [4.78, 5) is 19.0. The summed E-state index contributed by atoms with van der Waals surface area (Å²) in [5, 5.41) is 8.79. The van der Waals surface area contributed by atoms with Crippen LogP contribution in [0, 0.1) is 0 Å². The van der Waals surface area contributed by atoms with Gasteiger partial charge in [-0.1, -0.05) is 37.3 Å². The minimum absolute atomic E-state index is 0.154. The van der Waals surface area contributed by atoms with Crippen LogP contribution in [0.2, 0.25) is 0 Å². The molecule has 0 unspecified atom stereocenters. The molecule has 2 aromatic heterocycles. The van der Waals surface area contributed by atoms with E-state index in [1.54, 1.807) is 6.20 Å². The van der Waals surface area contributed by atoms with Crippen molar-refractivity contribution in [1.29, 1.82) is 0 Å². The fourth-order valence-corrected chi connectivity index (χ4v) is 3.93. The minimum Gasteiger partial charge on any atom is -0.334 e. The topological polar surface area (TPSA) is 68.8 Å². The van der Waals surface area contributed by atoms with E-state index in [2.05, 4.69) is 50.3 Å². The van der Waals surface area contributed by atoms with Gasteiger partial charge in [0.15, 0.2) is 5.82 Å². The lowest BCUT2D eigenvalue weighted by atomic mass is 10.1.